The highest BCUT2D eigenvalue weighted by molar-refractivity contribution is 6.30. The van der Waals surface area contributed by atoms with E-state index in [1.165, 1.54) is 12.1 Å². The van der Waals surface area contributed by atoms with Gasteiger partial charge in [0.25, 0.3) is 0 Å². The number of hydrogen-bond donors (Lipinski definition) is 1. The molecular weight excluding hydrogens is 415 g/mol. The molecule has 7 heteroatoms. The Balaban J connectivity index is 1.49. The van der Waals surface area contributed by atoms with Gasteiger partial charge < -0.3 is 14.8 Å². The molecule has 2 aromatic carbocycles. The summed E-state index contributed by atoms with van der Waals surface area (Å²) < 4.78 is 15.6. The second-order valence-electron chi connectivity index (χ2n) is 8.40. The summed E-state index contributed by atoms with van der Waals surface area (Å²) in [7, 11) is 0. The average Bonchev–Trinajstić information content (AvgIpc) is 3.57. The van der Waals surface area contributed by atoms with Crippen LogP contribution in [0.5, 0.6) is 0 Å². The highest BCUT2D eigenvalue weighted by Crippen LogP contribution is 2.38. The van der Waals surface area contributed by atoms with Gasteiger partial charge in [0.15, 0.2) is 0 Å². The van der Waals surface area contributed by atoms with E-state index in [-0.39, 0.29) is 17.6 Å². The third kappa shape index (κ3) is 4.04. The Bertz CT molecular complexity index is 1110. The molecule has 1 N–H and O–H groups in total. The Morgan fingerprint density at radius 3 is 2.52 bits per heavy atom. The zero-order valence-corrected chi connectivity index (χ0v) is 18.1. The van der Waals surface area contributed by atoms with Gasteiger partial charge in [-0.1, -0.05) is 18.5 Å². The molecule has 0 bridgehead atoms. The van der Waals surface area contributed by atoms with Crippen molar-refractivity contribution in [2.24, 2.45) is 11.8 Å². The second-order valence-corrected chi connectivity index (χ2v) is 8.84. The number of halogens is 2. The highest BCUT2D eigenvalue weighted by Gasteiger charge is 2.36. The zero-order valence-electron chi connectivity index (χ0n) is 17.3. The normalized spacial score (nSPS) is 16.7. The summed E-state index contributed by atoms with van der Waals surface area (Å²) in [6.07, 6.45) is 2.30. The van der Waals surface area contributed by atoms with E-state index in [1.54, 1.807) is 12.1 Å². The van der Waals surface area contributed by atoms with Gasteiger partial charge in [0.2, 0.25) is 5.91 Å². The van der Waals surface area contributed by atoms with E-state index in [1.807, 2.05) is 36.1 Å². The fourth-order valence-corrected chi connectivity index (χ4v) is 4.34. The third-order valence-electron chi connectivity index (χ3n) is 6.23. The smallest absolute Gasteiger partial charge is 0.226 e. The quantitative estimate of drug-likeness (QED) is 0.574. The highest BCUT2D eigenvalue weighted by atomic mass is 35.5. The summed E-state index contributed by atoms with van der Waals surface area (Å²) >= 11 is 6.03. The summed E-state index contributed by atoms with van der Waals surface area (Å²) in [4.78, 5) is 19.7. The molecule has 1 fully saturated rings. The first-order valence-electron chi connectivity index (χ1n) is 10.7. The van der Waals surface area contributed by atoms with Crippen LogP contribution < -0.4 is 5.32 Å². The van der Waals surface area contributed by atoms with Crippen molar-refractivity contribution in [3.8, 4) is 11.3 Å². The van der Waals surface area contributed by atoms with Crippen molar-refractivity contribution in [2.75, 3.05) is 11.9 Å². The molecule has 1 aromatic heterocycles. The Morgan fingerprint density at radius 2 is 1.84 bits per heavy atom. The van der Waals surface area contributed by atoms with Gasteiger partial charge in [-0.05, 0) is 67.3 Å². The number of hydrogen-bond acceptors (Lipinski definition) is 3. The van der Waals surface area contributed by atoms with E-state index >= 15 is 0 Å². The maximum Gasteiger partial charge on any atom is 0.226 e. The summed E-state index contributed by atoms with van der Waals surface area (Å²) in [6.45, 7) is 3.82. The number of nitrogens with one attached hydrogen (secondary N) is 1. The first-order valence-corrected chi connectivity index (χ1v) is 11.0. The molecule has 31 heavy (non-hydrogen) atoms. The fraction of sp³-hybridized carbons (Fsp3) is 0.333. The van der Waals surface area contributed by atoms with E-state index in [9.17, 15) is 9.18 Å². The Morgan fingerprint density at radius 1 is 1.13 bits per heavy atom. The van der Waals surface area contributed by atoms with Crippen molar-refractivity contribution in [3.05, 3.63) is 65.2 Å². The van der Waals surface area contributed by atoms with Crippen LogP contribution in [0, 0.1) is 17.7 Å². The molecule has 1 saturated carbocycles. The second kappa shape index (κ2) is 8.00. The van der Waals surface area contributed by atoms with Crippen molar-refractivity contribution in [2.45, 2.75) is 32.9 Å². The molecule has 160 valence electrons. The van der Waals surface area contributed by atoms with Crippen LogP contribution in [0.2, 0.25) is 5.02 Å². The molecule has 3 aromatic rings. The third-order valence-corrected chi connectivity index (χ3v) is 6.48. The monoisotopic (exact) mass is 438 g/mol. The number of anilines is 2. The Hall–Kier alpha value is -2.86. The largest absolute Gasteiger partial charge is 0.340 e. The number of imidazole rings is 1. The maximum atomic E-state index is 13.5. The SMILES string of the molecule is CC(C(=O)N1CCn2c(nc(-c3ccc(F)cc3)c2Nc2ccc(Cl)cc2)C1)C1CC1. The molecule has 1 unspecified atom stereocenters. The van der Waals surface area contributed by atoms with Crippen molar-refractivity contribution in [3.63, 3.8) is 0 Å². The van der Waals surface area contributed by atoms with Crippen molar-refractivity contribution >= 4 is 29.0 Å². The molecule has 1 atom stereocenters. The van der Waals surface area contributed by atoms with Crippen LogP contribution in [-0.2, 0) is 17.9 Å². The number of rotatable bonds is 5. The minimum Gasteiger partial charge on any atom is -0.340 e. The number of carbonyl (C=O) groups is 1. The number of carbonyl (C=O) groups excluding carboxylic acids is 1. The van der Waals surface area contributed by atoms with Crippen molar-refractivity contribution in [1.29, 1.82) is 0 Å². The van der Waals surface area contributed by atoms with Gasteiger partial charge in [-0.2, -0.15) is 0 Å². The van der Waals surface area contributed by atoms with Crippen LogP contribution in [0.15, 0.2) is 48.5 Å². The van der Waals surface area contributed by atoms with Gasteiger partial charge in [-0.25, -0.2) is 9.37 Å². The van der Waals surface area contributed by atoms with E-state index in [4.69, 9.17) is 16.6 Å². The summed E-state index contributed by atoms with van der Waals surface area (Å²) in [5.74, 6) is 2.21. The predicted molar refractivity (Wildman–Crippen MR) is 120 cm³/mol. The summed E-state index contributed by atoms with van der Waals surface area (Å²) in [5, 5.41) is 4.13. The summed E-state index contributed by atoms with van der Waals surface area (Å²) in [6, 6.07) is 13.8. The lowest BCUT2D eigenvalue weighted by molar-refractivity contribution is -0.137. The number of fused-ring (bicyclic) bond motifs is 1. The molecule has 1 aliphatic heterocycles. The van der Waals surface area contributed by atoms with Crippen LogP contribution >= 0.6 is 11.6 Å². The van der Waals surface area contributed by atoms with Crippen LogP contribution in [-0.4, -0.2) is 26.9 Å². The van der Waals surface area contributed by atoms with Gasteiger partial charge >= 0.3 is 0 Å². The number of aromatic nitrogens is 2. The Kier molecular flexibility index (Phi) is 5.18. The molecule has 0 spiro atoms. The standard InChI is InChI=1S/C24H24ClFN4O/c1-15(16-2-3-16)24(31)29-12-13-30-21(14-29)28-22(17-4-8-19(26)9-5-17)23(30)27-20-10-6-18(25)7-11-20/h4-11,15-16,27H,2-3,12-14H2,1H3. The molecule has 5 rings (SSSR count). The molecular formula is C24H24ClFN4O. The molecule has 0 radical (unpaired) electrons. The van der Waals surface area contributed by atoms with Gasteiger partial charge in [0, 0.05) is 35.3 Å². The lowest BCUT2D eigenvalue weighted by atomic mass is 10.0. The molecule has 2 aliphatic rings. The van der Waals surface area contributed by atoms with Crippen LogP contribution in [0.1, 0.15) is 25.6 Å². The topological polar surface area (TPSA) is 50.2 Å². The van der Waals surface area contributed by atoms with Crippen LogP contribution in [0.25, 0.3) is 11.3 Å². The van der Waals surface area contributed by atoms with Crippen molar-refractivity contribution < 1.29 is 9.18 Å². The minimum absolute atomic E-state index is 0.0738. The Labute approximate surface area is 185 Å². The zero-order chi connectivity index (χ0) is 21.5. The van der Waals surface area contributed by atoms with Crippen LogP contribution in [0.3, 0.4) is 0 Å². The number of nitrogens with zero attached hydrogens (tertiary/aromatic N) is 3. The van der Waals surface area contributed by atoms with E-state index in [0.717, 1.165) is 41.4 Å². The maximum absolute atomic E-state index is 13.5. The molecule has 1 amide bonds. The minimum atomic E-state index is -0.286. The van der Waals surface area contributed by atoms with Crippen molar-refractivity contribution in [1.82, 2.24) is 14.5 Å². The number of benzene rings is 2. The average molecular weight is 439 g/mol. The van der Waals surface area contributed by atoms with Gasteiger partial charge in [0.1, 0.15) is 23.2 Å². The van der Waals surface area contributed by atoms with Gasteiger partial charge in [-0.3, -0.25) is 4.79 Å². The van der Waals surface area contributed by atoms with Gasteiger partial charge in [-0.15, -0.1) is 0 Å². The van der Waals surface area contributed by atoms with Crippen LogP contribution in [0.4, 0.5) is 15.9 Å². The molecule has 0 saturated heterocycles. The lowest BCUT2D eigenvalue weighted by Crippen LogP contribution is -2.41. The summed E-state index contributed by atoms with van der Waals surface area (Å²) in [5.41, 5.74) is 2.45. The predicted octanol–water partition coefficient (Wildman–Crippen LogP) is 5.47. The van der Waals surface area contributed by atoms with E-state index in [2.05, 4.69) is 9.88 Å². The molecule has 1 aliphatic carbocycles. The molecule has 5 nitrogen and oxygen atoms in total. The van der Waals surface area contributed by atoms with E-state index < -0.39 is 0 Å². The first-order chi connectivity index (χ1) is 15.0. The van der Waals surface area contributed by atoms with E-state index in [0.29, 0.717) is 30.6 Å². The first kappa shape index (κ1) is 20.1. The lowest BCUT2D eigenvalue weighted by Gasteiger charge is -2.30. The van der Waals surface area contributed by atoms with Gasteiger partial charge in [0.05, 0.1) is 6.54 Å². The fourth-order valence-electron chi connectivity index (χ4n) is 4.21. The molecule has 2 heterocycles. The number of amides is 1.